The minimum absolute atomic E-state index is 0.0134. The van der Waals surface area contributed by atoms with Gasteiger partial charge in [-0.1, -0.05) is 12.8 Å². The van der Waals surface area contributed by atoms with Crippen molar-refractivity contribution in [2.45, 2.75) is 44.8 Å². The Morgan fingerprint density at radius 1 is 1.26 bits per heavy atom. The first-order valence-electron chi connectivity index (χ1n) is 7.55. The van der Waals surface area contributed by atoms with E-state index in [-0.39, 0.29) is 11.1 Å². The van der Waals surface area contributed by atoms with E-state index in [0.717, 1.165) is 31.7 Å². The second-order valence-electron chi connectivity index (χ2n) is 6.27. The van der Waals surface area contributed by atoms with E-state index < -0.39 is 30.0 Å². The maximum Gasteiger partial charge on any atom is 0.387 e. The molecule has 1 spiro atoms. The Hall–Kier alpha value is -1.97. The van der Waals surface area contributed by atoms with Gasteiger partial charge < -0.3 is 9.64 Å². The fourth-order valence-electron chi connectivity index (χ4n) is 3.86. The number of hydrogen-bond acceptors (Lipinski definition) is 3. The summed E-state index contributed by atoms with van der Waals surface area (Å²) in [5, 5.41) is 9.39. The molecule has 1 saturated heterocycles. The molecule has 1 atom stereocenters. The van der Waals surface area contributed by atoms with E-state index in [4.69, 9.17) is 0 Å². The van der Waals surface area contributed by atoms with Gasteiger partial charge in [-0.25, -0.2) is 4.39 Å². The zero-order valence-corrected chi connectivity index (χ0v) is 12.4. The molecule has 124 valence electrons. The summed E-state index contributed by atoms with van der Waals surface area (Å²) in [6.45, 7) is -2.80. The molecule has 2 aliphatic rings. The van der Waals surface area contributed by atoms with E-state index in [1.807, 2.05) is 0 Å². The van der Waals surface area contributed by atoms with Crippen LogP contribution in [0.3, 0.4) is 0 Å². The SMILES string of the molecule is N#CC1CC2(CCCC2)CN1c1ccc(F)c(F)c1OC(F)F. The van der Waals surface area contributed by atoms with Crippen LogP contribution in [0.1, 0.15) is 32.1 Å². The molecule has 0 bridgehead atoms. The van der Waals surface area contributed by atoms with E-state index in [0.29, 0.717) is 13.0 Å². The molecular formula is C16H16F4N2O. The van der Waals surface area contributed by atoms with E-state index in [1.165, 1.54) is 6.07 Å². The van der Waals surface area contributed by atoms with Crippen molar-refractivity contribution in [3.05, 3.63) is 23.8 Å². The summed E-state index contributed by atoms with van der Waals surface area (Å²) in [4.78, 5) is 1.57. The largest absolute Gasteiger partial charge is 0.429 e. The number of nitriles is 1. The third kappa shape index (κ3) is 2.82. The highest BCUT2D eigenvalue weighted by atomic mass is 19.3. The molecule has 0 aromatic heterocycles. The topological polar surface area (TPSA) is 36.3 Å². The number of hydrogen-bond donors (Lipinski definition) is 0. The Balaban J connectivity index is 2.00. The highest BCUT2D eigenvalue weighted by Crippen LogP contribution is 2.50. The monoisotopic (exact) mass is 328 g/mol. The average molecular weight is 328 g/mol. The maximum atomic E-state index is 13.9. The van der Waals surface area contributed by atoms with Crippen LogP contribution in [0.5, 0.6) is 5.75 Å². The minimum atomic E-state index is -3.27. The molecule has 1 unspecified atom stereocenters. The van der Waals surface area contributed by atoms with Gasteiger partial charge in [0, 0.05) is 6.54 Å². The summed E-state index contributed by atoms with van der Waals surface area (Å²) in [5.41, 5.74) is -0.0348. The summed E-state index contributed by atoms with van der Waals surface area (Å²) in [5.74, 6) is -3.53. The number of halogens is 4. The van der Waals surface area contributed by atoms with Crippen LogP contribution in [0.4, 0.5) is 23.2 Å². The lowest BCUT2D eigenvalue weighted by Gasteiger charge is -2.27. The van der Waals surface area contributed by atoms with Gasteiger partial charge in [0.25, 0.3) is 0 Å². The molecule has 23 heavy (non-hydrogen) atoms. The summed E-state index contributed by atoms with van der Waals surface area (Å²) >= 11 is 0. The molecule has 1 aliphatic carbocycles. The molecule has 0 amide bonds. The molecule has 0 radical (unpaired) electrons. The molecule has 3 rings (SSSR count). The predicted octanol–water partition coefficient (Wildman–Crippen LogP) is 4.23. The van der Waals surface area contributed by atoms with Crippen molar-refractivity contribution in [3.63, 3.8) is 0 Å². The normalized spacial score (nSPS) is 22.8. The van der Waals surface area contributed by atoms with Gasteiger partial charge in [-0.2, -0.15) is 18.4 Å². The quantitative estimate of drug-likeness (QED) is 0.779. The number of benzene rings is 1. The molecule has 1 aromatic carbocycles. The summed E-state index contributed by atoms with van der Waals surface area (Å²) in [6, 6.07) is 3.66. The van der Waals surface area contributed by atoms with Gasteiger partial charge >= 0.3 is 6.61 Å². The number of nitrogens with zero attached hydrogens (tertiary/aromatic N) is 2. The van der Waals surface area contributed by atoms with Gasteiger partial charge in [0.05, 0.1) is 11.8 Å². The van der Waals surface area contributed by atoms with Crippen molar-refractivity contribution in [2.75, 3.05) is 11.4 Å². The zero-order valence-electron chi connectivity index (χ0n) is 12.4. The van der Waals surface area contributed by atoms with Crippen LogP contribution in [-0.2, 0) is 0 Å². The Bertz CT molecular complexity index is 638. The van der Waals surface area contributed by atoms with E-state index >= 15 is 0 Å². The molecule has 1 aromatic rings. The van der Waals surface area contributed by atoms with Crippen molar-refractivity contribution >= 4 is 5.69 Å². The minimum Gasteiger partial charge on any atom is -0.429 e. The lowest BCUT2D eigenvalue weighted by Crippen LogP contribution is -2.30. The van der Waals surface area contributed by atoms with Crippen LogP contribution in [0.25, 0.3) is 0 Å². The van der Waals surface area contributed by atoms with Crippen molar-refractivity contribution < 1.29 is 22.3 Å². The van der Waals surface area contributed by atoms with Crippen molar-refractivity contribution in [1.29, 1.82) is 5.26 Å². The van der Waals surface area contributed by atoms with Gasteiger partial charge in [0.1, 0.15) is 6.04 Å². The summed E-state index contributed by atoms with van der Waals surface area (Å²) < 4.78 is 56.7. The summed E-state index contributed by atoms with van der Waals surface area (Å²) in [7, 11) is 0. The Morgan fingerprint density at radius 2 is 1.96 bits per heavy atom. The number of ether oxygens (including phenoxy) is 1. The second-order valence-corrected chi connectivity index (χ2v) is 6.27. The van der Waals surface area contributed by atoms with Crippen molar-refractivity contribution in [1.82, 2.24) is 0 Å². The lowest BCUT2D eigenvalue weighted by atomic mass is 9.84. The maximum absolute atomic E-state index is 13.9. The molecule has 7 heteroatoms. The zero-order chi connectivity index (χ0) is 16.6. The van der Waals surface area contributed by atoms with Crippen LogP contribution >= 0.6 is 0 Å². The van der Waals surface area contributed by atoms with Gasteiger partial charge in [-0.05, 0) is 36.8 Å². The Morgan fingerprint density at radius 3 is 2.57 bits per heavy atom. The first kappa shape index (κ1) is 15.9. The van der Waals surface area contributed by atoms with Crippen LogP contribution in [0, 0.1) is 28.4 Å². The first-order valence-corrected chi connectivity index (χ1v) is 7.55. The molecule has 1 aliphatic heterocycles. The highest BCUT2D eigenvalue weighted by molar-refractivity contribution is 5.62. The molecule has 1 saturated carbocycles. The van der Waals surface area contributed by atoms with Gasteiger partial charge in [0.2, 0.25) is 5.82 Å². The number of alkyl halides is 2. The van der Waals surface area contributed by atoms with E-state index in [9.17, 15) is 22.8 Å². The summed E-state index contributed by atoms with van der Waals surface area (Å²) in [6.07, 6.45) is 4.64. The number of rotatable bonds is 3. The Labute approximate surface area is 131 Å². The predicted molar refractivity (Wildman–Crippen MR) is 75.3 cm³/mol. The second kappa shape index (κ2) is 5.91. The first-order chi connectivity index (χ1) is 11.0. The molecule has 1 heterocycles. The van der Waals surface area contributed by atoms with Gasteiger partial charge in [-0.3, -0.25) is 0 Å². The molecular weight excluding hydrogens is 312 g/mol. The third-order valence-corrected chi connectivity index (χ3v) is 4.87. The highest BCUT2D eigenvalue weighted by Gasteiger charge is 2.46. The van der Waals surface area contributed by atoms with Crippen molar-refractivity contribution in [2.24, 2.45) is 5.41 Å². The molecule has 2 fully saturated rings. The standard InChI is InChI=1S/C16H16F4N2O/c17-11-3-4-12(14(13(11)18)23-15(19)20)22-9-16(5-1-2-6-16)7-10(22)8-21/h3-4,10,15H,1-2,5-7,9H2. The fourth-order valence-corrected chi connectivity index (χ4v) is 3.86. The molecule has 3 nitrogen and oxygen atoms in total. The van der Waals surface area contributed by atoms with Gasteiger partial charge in [0.15, 0.2) is 11.6 Å². The average Bonchev–Trinajstić information content (AvgIpc) is 3.11. The fraction of sp³-hybridized carbons (Fsp3) is 0.562. The van der Waals surface area contributed by atoms with E-state index in [1.54, 1.807) is 4.90 Å². The lowest BCUT2D eigenvalue weighted by molar-refractivity contribution is -0.0521. The van der Waals surface area contributed by atoms with Crippen LogP contribution in [0.15, 0.2) is 12.1 Å². The van der Waals surface area contributed by atoms with Crippen molar-refractivity contribution in [3.8, 4) is 11.8 Å². The smallest absolute Gasteiger partial charge is 0.387 e. The van der Waals surface area contributed by atoms with Crippen LogP contribution in [-0.4, -0.2) is 19.2 Å². The van der Waals surface area contributed by atoms with Crippen LogP contribution < -0.4 is 9.64 Å². The molecule has 0 N–H and O–H groups in total. The van der Waals surface area contributed by atoms with E-state index in [2.05, 4.69) is 10.8 Å². The van der Waals surface area contributed by atoms with Crippen LogP contribution in [0.2, 0.25) is 0 Å². The van der Waals surface area contributed by atoms with Gasteiger partial charge in [-0.15, -0.1) is 0 Å². The Kier molecular flexibility index (Phi) is 4.09. The number of anilines is 1. The third-order valence-electron chi connectivity index (χ3n) is 4.87.